The Hall–Kier alpha value is -3.42. The van der Waals surface area contributed by atoms with Crippen LogP contribution in [0.15, 0.2) is 52.7 Å². The van der Waals surface area contributed by atoms with E-state index >= 15 is 0 Å². The lowest BCUT2D eigenvalue weighted by Crippen LogP contribution is -2.52. The number of ether oxygens (including phenoxy) is 4. The van der Waals surface area contributed by atoms with E-state index in [4.69, 9.17) is 18.9 Å². The monoisotopic (exact) mass is 858 g/mol. The second-order valence-corrected chi connectivity index (χ2v) is 20.1. The molecule has 1 amide bonds. The molecule has 2 aliphatic heterocycles. The maximum Gasteiger partial charge on any atom is 0.407 e. The maximum absolute atomic E-state index is 14.3. The van der Waals surface area contributed by atoms with E-state index in [1.54, 1.807) is 29.5 Å². The molecule has 17 heteroatoms. The highest BCUT2D eigenvalue weighted by Crippen LogP contribution is 2.34. The highest BCUT2D eigenvalue weighted by atomic mass is 32.2. The number of alkyl carbamates (subject to hydrolysis) is 1. The third kappa shape index (κ3) is 11.4. The van der Waals surface area contributed by atoms with Gasteiger partial charge in [0.1, 0.15) is 23.5 Å². The molecule has 0 radical (unpaired) electrons. The molecule has 4 heterocycles. The zero-order valence-corrected chi connectivity index (χ0v) is 36.8. The molecule has 2 fully saturated rings. The minimum atomic E-state index is -4.08. The van der Waals surface area contributed by atoms with Gasteiger partial charge in [0, 0.05) is 30.6 Å². The number of carbonyl (C=O) groups is 1. The molecule has 2 saturated heterocycles. The predicted octanol–water partition coefficient (Wildman–Crippen LogP) is 6.05. The second-order valence-electron chi connectivity index (χ2n) is 16.2. The van der Waals surface area contributed by atoms with Gasteiger partial charge >= 0.3 is 6.09 Å². The normalized spacial score (nSPS) is 20.6. The summed E-state index contributed by atoms with van der Waals surface area (Å²) in [6.45, 7) is 15.8. The number of hydrogen-bond acceptors (Lipinski definition) is 14. The quantitative estimate of drug-likeness (QED) is 0.0813. The Kier molecular flexibility index (Phi) is 15.0. The number of aromatic nitrogens is 2. The average Bonchev–Trinajstić information content (AvgIpc) is 3.98. The Bertz CT molecular complexity index is 2060. The number of sulfonamides is 1. The first-order valence-corrected chi connectivity index (χ1v) is 23.3. The summed E-state index contributed by atoms with van der Waals surface area (Å²) in [7, 11) is -4.08. The molecule has 318 valence electrons. The standard InChI is InChI=1S/C41H58N6O8S3/c1-8-28-23-56-37(44-28)22-52-29-11-9-27(10-12-29)15-32(46-41(49)55-35-21-54-39-38(35)33(20-53-39)42-17-24(2)3)34(48)19-47(18-25(4)5)58(50,51)30-13-14-31-36(16-30)57-40(45-31)43-26(6)7/h9-14,16,23-26,32-35,38-39,42,48H,8,15,17-22H2,1-7H3,(H,43,45)(H,46,49)/t32-,33-,34+,35-,38-,39+/m0/s1. The Balaban J connectivity index is 1.20. The number of benzene rings is 2. The van der Waals surface area contributed by atoms with Crippen molar-refractivity contribution >= 4 is 54.1 Å². The second kappa shape index (κ2) is 19.8. The van der Waals surface area contributed by atoms with Crippen molar-refractivity contribution in [1.29, 1.82) is 0 Å². The van der Waals surface area contributed by atoms with Crippen LogP contribution in [0.1, 0.15) is 64.7 Å². The van der Waals surface area contributed by atoms with Crippen LogP contribution >= 0.6 is 22.7 Å². The number of rotatable bonds is 20. The van der Waals surface area contributed by atoms with E-state index < -0.39 is 40.7 Å². The Morgan fingerprint density at radius 2 is 1.78 bits per heavy atom. The van der Waals surface area contributed by atoms with Crippen LogP contribution in [0.25, 0.3) is 10.2 Å². The summed E-state index contributed by atoms with van der Waals surface area (Å²) in [5.74, 6) is 0.821. The van der Waals surface area contributed by atoms with Gasteiger partial charge in [0.2, 0.25) is 10.0 Å². The van der Waals surface area contributed by atoms with Gasteiger partial charge in [-0.3, -0.25) is 0 Å². The van der Waals surface area contributed by atoms with Crippen molar-refractivity contribution < 1.29 is 37.3 Å². The van der Waals surface area contributed by atoms with Crippen LogP contribution in [0.5, 0.6) is 5.75 Å². The third-order valence-electron chi connectivity index (χ3n) is 9.96. The predicted molar refractivity (Wildman–Crippen MR) is 227 cm³/mol. The van der Waals surface area contributed by atoms with E-state index in [1.165, 1.54) is 15.6 Å². The van der Waals surface area contributed by atoms with Crippen molar-refractivity contribution in [3.8, 4) is 5.75 Å². The van der Waals surface area contributed by atoms with Gasteiger partial charge in [-0.05, 0) is 81.0 Å². The highest BCUT2D eigenvalue weighted by molar-refractivity contribution is 7.89. The number of amides is 1. The number of thiazole rings is 2. The molecule has 0 saturated carbocycles. The molecule has 0 spiro atoms. The van der Waals surface area contributed by atoms with Crippen LogP contribution in [-0.4, -0.2) is 103 Å². The van der Waals surface area contributed by atoms with E-state index in [0.717, 1.165) is 33.9 Å². The molecule has 6 atom stereocenters. The summed E-state index contributed by atoms with van der Waals surface area (Å²) in [6.07, 6.45) is -2.06. The lowest BCUT2D eigenvalue weighted by Gasteiger charge is -2.31. The van der Waals surface area contributed by atoms with Gasteiger partial charge in [0.05, 0.1) is 52.1 Å². The average molecular weight is 859 g/mol. The lowest BCUT2D eigenvalue weighted by molar-refractivity contribution is -0.0908. The number of nitrogens with one attached hydrogen (secondary N) is 3. The van der Waals surface area contributed by atoms with Crippen LogP contribution < -0.4 is 20.7 Å². The van der Waals surface area contributed by atoms with Crippen molar-refractivity contribution in [3.63, 3.8) is 0 Å². The fourth-order valence-corrected chi connectivity index (χ4v) is 10.6. The van der Waals surface area contributed by atoms with Gasteiger partial charge in [-0.2, -0.15) is 4.31 Å². The molecule has 2 aromatic heterocycles. The first-order valence-electron chi connectivity index (χ1n) is 20.1. The fourth-order valence-electron chi connectivity index (χ4n) is 7.04. The van der Waals surface area contributed by atoms with Crippen LogP contribution in [0, 0.1) is 17.8 Å². The fraction of sp³-hybridized carbons (Fsp3) is 0.585. The summed E-state index contributed by atoms with van der Waals surface area (Å²) in [6, 6.07) is 11.5. The smallest absolute Gasteiger partial charge is 0.407 e. The lowest BCUT2D eigenvalue weighted by atomic mass is 9.97. The molecule has 2 aromatic carbocycles. The molecule has 0 bridgehead atoms. The minimum absolute atomic E-state index is 0.0452. The summed E-state index contributed by atoms with van der Waals surface area (Å²) >= 11 is 2.95. The molecular weight excluding hydrogens is 801 g/mol. The number of anilines is 1. The molecule has 0 unspecified atom stereocenters. The largest absolute Gasteiger partial charge is 0.486 e. The van der Waals surface area contributed by atoms with Gasteiger partial charge < -0.3 is 40.0 Å². The van der Waals surface area contributed by atoms with Crippen molar-refractivity contribution in [2.45, 2.75) is 109 Å². The van der Waals surface area contributed by atoms with Crippen LogP contribution in [-0.2, 0) is 43.7 Å². The van der Waals surface area contributed by atoms with Crippen molar-refractivity contribution in [2.24, 2.45) is 17.8 Å². The van der Waals surface area contributed by atoms with Gasteiger partial charge in [0.25, 0.3) is 0 Å². The van der Waals surface area contributed by atoms with E-state index in [2.05, 4.69) is 46.7 Å². The number of aliphatic hydroxyl groups excluding tert-OH is 1. The van der Waals surface area contributed by atoms with Crippen molar-refractivity contribution in [1.82, 2.24) is 24.9 Å². The summed E-state index contributed by atoms with van der Waals surface area (Å²) < 4.78 is 54.4. The van der Waals surface area contributed by atoms with Crippen molar-refractivity contribution in [3.05, 3.63) is 64.1 Å². The molecule has 0 aliphatic carbocycles. The van der Waals surface area contributed by atoms with Crippen LogP contribution in [0.4, 0.5) is 9.93 Å². The first kappa shape index (κ1) is 44.1. The van der Waals surface area contributed by atoms with Gasteiger partial charge in [0.15, 0.2) is 11.4 Å². The van der Waals surface area contributed by atoms with Gasteiger partial charge in [-0.1, -0.05) is 58.1 Å². The molecule has 4 N–H and O–H groups in total. The summed E-state index contributed by atoms with van der Waals surface area (Å²) in [5, 5.41) is 25.3. The molecule has 6 rings (SSSR count). The molecule has 4 aromatic rings. The zero-order chi connectivity index (χ0) is 41.6. The number of aliphatic hydroxyl groups is 1. The molecular formula is C41H58N6O8S3. The maximum atomic E-state index is 14.3. The minimum Gasteiger partial charge on any atom is -0.486 e. The molecule has 14 nitrogen and oxygen atoms in total. The Labute approximate surface area is 350 Å². The Morgan fingerprint density at radius 3 is 2.47 bits per heavy atom. The van der Waals surface area contributed by atoms with Crippen LogP contribution in [0.2, 0.25) is 0 Å². The zero-order valence-electron chi connectivity index (χ0n) is 34.3. The van der Waals surface area contributed by atoms with E-state index in [9.17, 15) is 18.3 Å². The topological polar surface area (TPSA) is 173 Å². The highest BCUT2D eigenvalue weighted by Gasteiger charge is 2.50. The number of aryl methyl sites for hydroxylation is 1. The first-order chi connectivity index (χ1) is 27.7. The van der Waals surface area contributed by atoms with Crippen molar-refractivity contribution in [2.75, 3.05) is 38.2 Å². The number of hydrogen-bond donors (Lipinski definition) is 4. The van der Waals surface area contributed by atoms with Crippen LogP contribution in [0.3, 0.4) is 0 Å². The number of fused-ring (bicyclic) bond motifs is 2. The Morgan fingerprint density at radius 1 is 1.02 bits per heavy atom. The SMILES string of the molecule is CCc1csc(COc2ccc(C[C@H](NC(=O)O[C@H]3CO[C@H]4OC[C@H](NCC(C)C)[C@H]43)[C@H](O)CN(CC(C)C)S(=O)(=O)c3ccc4nc(NC(C)C)sc4c3)cc2)n1. The van der Waals surface area contributed by atoms with E-state index in [-0.39, 0.29) is 54.9 Å². The number of nitrogens with zero attached hydrogens (tertiary/aromatic N) is 3. The number of carbonyl (C=O) groups excluding carboxylic acids is 1. The summed E-state index contributed by atoms with van der Waals surface area (Å²) in [4.78, 5) is 23.0. The van der Waals surface area contributed by atoms with Gasteiger partial charge in [-0.25, -0.2) is 23.2 Å². The van der Waals surface area contributed by atoms with E-state index in [0.29, 0.717) is 35.5 Å². The van der Waals surface area contributed by atoms with Gasteiger partial charge in [-0.15, -0.1) is 11.3 Å². The molecule has 2 aliphatic rings. The van der Waals surface area contributed by atoms with E-state index in [1.807, 2.05) is 57.3 Å². The molecule has 58 heavy (non-hydrogen) atoms. The summed E-state index contributed by atoms with van der Waals surface area (Å²) in [5.41, 5.74) is 2.52. The third-order valence-corrected chi connectivity index (χ3v) is 13.6.